The number of aromatic nitrogens is 2. The fourth-order valence-corrected chi connectivity index (χ4v) is 2.78. The van der Waals surface area contributed by atoms with Crippen molar-refractivity contribution in [1.82, 2.24) is 14.3 Å². The minimum atomic E-state index is 0.684. The molecule has 2 aromatic heterocycles. The molecule has 0 unspecified atom stereocenters. The molecule has 0 N–H and O–H groups in total. The molecule has 3 rings (SSSR count). The highest BCUT2D eigenvalue weighted by Crippen LogP contribution is 2.20. The number of rotatable bonds is 3. The SMILES string of the molecule is CN1CCC(Cc2cn3ccc(C=O)cc3n2)CC1. The number of nitrogens with zero attached hydrogens (tertiary/aromatic N) is 3. The number of hydrogen-bond donors (Lipinski definition) is 0. The van der Waals surface area contributed by atoms with Crippen LogP contribution in [0, 0.1) is 5.92 Å². The first-order valence-electron chi connectivity index (χ1n) is 6.86. The van der Waals surface area contributed by atoms with Crippen molar-refractivity contribution in [2.24, 2.45) is 5.92 Å². The number of aldehydes is 1. The van der Waals surface area contributed by atoms with E-state index in [9.17, 15) is 4.79 Å². The number of pyridine rings is 1. The molecule has 0 aromatic carbocycles. The van der Waals surface area contributed by atoms with Gasteiger partial charge in [0.2, 0.25) is 0 Å². The molecule has 4 heteroatoms. The number of carbonyl (C=O) groups excluding carboxylic acids is 1. The molecule has 1 saturated heterocycles. The third-order valence-corrected chi connectivity index (χ3v) is 4.01. The zero-order chi connectivity index (χ0) is 13.2. The molecule has 0 aliphatic carbocycles. The first kappa shape index (κ1) is 12.4. The van der Waals surface area contributed by atoms with Crippen molar-refractivity contribution in [2.45, 2.75) is 19.3 Å². The molecular weight excluding hydrogens is 238 g/mol. The Hall–Kier alpha value is -1.68. The first-order valence-corrected chi connectivity index (χ1v) is 6.86. The van der Waals surface area contributed by atoms with Gasteiger partial charge >= 0.3 is 0 Å². The molecule has 4 nitrogen and oxygen atoms in total. The van der Waals surface area contributed by atoms with Crippen molar-refractivity contribution in [3.63, 3.8) is 0 Å². The molecule has 0 saturated carbocycles. The van der Waals surface area contributed by atoms with Crippen molar-refractivity contribution in [2.75, 3.05) is 20.1 Å². The van der Waals surface area contributed by atoms with E-state index in [1.165, 1.54) is 25.9 Å². The number of carbonyl (C=O) groups is 1. The van der Waals surface area contributed by atoms with Crippen LogP contribution in [0.15, 0.2) is 24.5 Å². The fraction of sp³-hybridized carbons (Fsp3) is 0.467. The van der Waals surface area contributed by atoms with Crippen LogP contribution in [0.5, 0.6) is 0 Å². The van der Waals surface area contributed by atoms with Gasteiger partial charge in [0.1, 0.15) is 11.9 Å². The lowest BCUT2D eigenvalue weighted by molar-refractivity contribution is 0.112. The number of fused-ring (bicyclic) bond motifs is 1. The molecule has 0 bridgehead atoms. The van der Waals surface area contributed by atoms with Gasteiger partial charge in [-0.15, -0.1) is 0 Å². The molecule has 0 radical (unpaired) electrons. The molecule has 3 heterocycles. The van der Waals surface area contributed by atoms with Gasteiger partial charge in [-0.05, 0) is 57.5 Å². The summed E-state index contributed by atoms with van der Waals surface area (Å²) >= 11 is 0. The van der Waals surface area contributed by atoms with Crippen LogP contribution in [0.3, 0.4) is 0 Å². The molecule has 1 aliphatic rings. The van der Waals surface area contributed by atoms with Crippen LogP contribution in [0.2, 0.25) is 0 Å². The van der Waals surface area contributed by atoms with Crippen molar-refractivity contribution < 1.29 is 4.79 Å². The van der Waals surface area contributed by atoms with E-state index in [0.717, 1.165) is 30.0 Å². The predicted molar refractivity (Wildman–Crippen MR) is 74.5 cm³/mol. The van der Waals surface area contributed by atoms with Crippen molar-refractivity contribution in [3.8, 4) is 0 Å². The minimum Gasteiger partial charge on any atom is -0.307 e. The van der Waals surface area contributed by atoms with Crippen LogP contribution in [-0.4, -0.2) is 40.7 Å². The summed E-state index contributed by atoms with van der Waals surface area (Å²) < 4.78 is 2.00. The van der Waals surface area contributed by atoms with Crippen LogP contribution in [0.25, 0.3) is 5.65 Å². The van der Waals surface area contributed by atoms with Gasteiger partial charge in [-0.25, -0.2) is 4.98 Å². The van der Waals surface area contributed by atoms with E-state index in [2.05, 4.69) is 23.1 Å². The van der Waals surface area contributed by atoms with Gasteiger partial charge in [-0.1, -0.05) is 0 Å². The Bertz CT molecular complexity index is 582. The van der Waals surface area contributed by atoms with Gasteiger partial charge in [0.05, 0.1) is 5.69 Å². The summed E-state index contributed by atoms with van der Waals surface area (Å²) in [4.78, 5) is 17.8. The maximum absolute atomic E-state index is 10.8. The van der Waals surface area contributed by atoms with Gasteiger partial charge in [0.25, 0.3) is 0 Å². The maximum atomic E-state index is 10.8. The smallest absolute Gasteiger partial charge is 0.150 e. The van der Waals surface area contributed by atoms with E-state index in [1.54, 1.807) is 0 Å². The van der Waals surface area contributed by atoms with Crippen molar-refractivity contribution in [1.29, 1.82) is 0 Å². The molecule has 0 atom stereocenters. The molecule has 0 amide bonds. The monoisotopic (exact) mass is 257 g/mol. The lowest BCUT2D eigenvalue weighted by Crippen LogP contribution is -2.30. The summed E-state index contributed by atoms with van der Waals surface area (Å²) in [5.41, 5.74) is 2.69. The number of piperidine rings is 1. The zero-order valence-electron chi connectivity index (χ0n) is 11.2. The topological polar surface area (TPSA) is 37.6 Å². The Balaban J connectivity index is 1.76. The quantitative estimate of drug-likeness (QED) is 0.790. The van der Waals surface area contributed by atoms with Crippen LogP contribution >= 0.6 is 0 Å². The molecule has 0 spiro atoms. The van der Waals surface area contributed by atoms with E-state index in [-0.39, 0.29) is 0 Å². The highest BCUT2D eigenvalue weighted by atomic mass is 16.1. The van der Waals surface area contributed by atoms with Gasteiger partial charge in [0, 0.05) is 18.0 Å². The molecule has 1 fully saturated rings. The highest BCUT2D eigenvalue weighted by Gasteiger charge is 2.18. The van der Waals surface area contributed by atoms with Crippen molar-refractivity contribution in [3.05, 3.63) is 35.8 Å². The second-order valence-corrected chi connectivity index (χ2v) is 5.53. The Morgan fingerprint density at radius 2 is 2.21 bits per heavy atom. The third-order valence-electron chi connectivity index (χ3n) is 4.01. The molecule has 2 aromatic rings. The standard InChI is InChI=1S/C15H19N3O/c1-17-5-2-12(3-6-17)8-14-10-18-7-4-13(11-19)9-15(18)16-14/h4,7,9-12H,2-3,5-6,8H2,1H3. The Morgan fingerprint density at radius 3 is 2.95 bits per heavy atom. The average Bonchev–Trinajstić information content (AvgIpc) is 2.82. The summed E-state index contributed by atoms with van der Waals surface area (Å²) in [5.74, 6) is 0.742. The summed E-state index contributed by atoms with van der Waals surface area (Å²) in [6.45, 7) is 2.38. The molecular formula is C15H19N3O. The normalized spacial score (nSPS) is 17.9. The minimum absolute atomic E-state index is 0.684. The number of imidazole rings is 1. The summed E-state index contributed by atoms with van der Waals surface area (Å²) in [6.07, 6.45) is 8.41. The van der Waals surface area contributed by atoms with Crippen LogP contribution in [0.1, 0.15) is 28.9 Å². The van der Waals surface area contributed by atoms with Gasteiger partial charge in [-0.3, -0.25) is 4.79 Å². The summed E-state index contributed by atoms with van der Waals surface area (Å²) in [6, 6.07) is 3.66. The van der Waals surface area contributed by atoms with Gasteiger partial charge < -0.3 is 9.30 Å². The fourth-order valence-electron chi connectivity index (χ4n) is 2.78. The maximum Gasteiger partial charge on any atom is 0.150 e. The van der Waals surface area contributed by atoms with Gasteiger partial charge in [0.15, 0.2) is 0 Å². The predicted octanol–water partition coefficient (Wildman–Crippen LogP) is 2.03. The Morgan fingerprint density at radius 1 is 1.42 bits per heavy atom. The van der Waals surface area contributed by atoms with E-state index in [0.29, 0.717) is 5.56 Å². The molecule has 1 aliphatic heterocycles. The third kappa shape index (κ3) is 2.68. The second-order valence-electron chi connectivity index (χ2n) is 5.53. The zero-order valence-corrected chi connectivity index (χ0v) is 11.2. The summed E-state index contributed by atoms with van der Waals surface area (Å²) in [7, 11) is 2.18. The second kappa shape index (κ2) is 5.13. The van der Waals surface area contributed by atoms with Crippen LogP contribution < -0.4 is 0 Å². The van der Waals surface area contributed by atoms with Crippen LogP contribution in [0.4, 0.5) is 0 Å². The van der Waals surface area contributed by atoms with E-state index in [4.69, 9.17) is 0 Å². The van der Waals surface area contributed by atoms with E-state index in [1.807, 2.05) is 22.7 Å². The number of likely N-dealkylation sites (tertiary alicyclic amines) is 1. The summed E-state index contributed by atoms with van der Waals surface area (Å²) in [5, 5.41) is 0. The first-order chi connectivity index (χ1) is 9.24. The molecule has 19 heavy (non-hydrogen) atoms. The van der Waals surface area contributed by atoms with Crippen LogP contribution in [-0.2, 0) is 6.42 Å². The van der Waals surface area contributed by atoms with E-state index < -0.39 is 0 Å². The lowest BCUT2D eigenvalue weighted by Gasteiger charge is -2.28. The largest absolute Gasteiger partial charge is 0.307 e. The van der Waals surface area contributed by atoms with Gasteiger partial charge in [-0.2, -0.15) is 0 Å². The van der Waals surface area contributed by atoms with Crippen molar-refractivity contribution >= 4 is 11.9 Å². The lowest BCUT2D eigenvalue weighted by atomic mass is 9.93. The Labute approximate surface area is 113 Å². The molecule has 100 valence electrons. The number of hydrogen-bond acceptors (Lipinski definition) is 3. The average molecular weight is 257 g/mol. The highest BCUT2D eigenvalue weighted by molar-refractivity contribution is 5.76. The Kier molecular flexibility index (Phi) is 3.34. The van der Waals surface area contributed by atoms with E-state index >= 15 is 0 Å².